The van der Waals surface area contributed by atoms with Crippen molar-refractivity contribution < 1.29 is 14.7 Å². The first-order valence-corrected chi connectivity index (χ1v) is 10.3. The van der Waals surface area contributed by atoms with Crippen LogP contribution in [0.15, 0.2) is 24.5 Å². The predicted octanol–water partition coefficient (Wildman–Crippen LogP) is 1.33. The molecule has 160 valence electrons. The standard InChI is InChI=1S/C20H25ClN6O3/c1-20(2,3)17(28)19(30)27-15-7-11(15)8-16(27)18(29)22-9-12-6-13(21)4-5-14(12)26-10-23-24-25-26/h4-6,10-11,15-17,28H,7-9H2,1-3H3,(H,22,29)/t11-,15-,16-,17-/m0/s1. The van der Waals surface area contributed by atoms with E-state index >= 15 is 0 Å². The van der Waals surface area contributed by atoms with E-state index in [-0.39, 0.29) is 24.4 Å². The predicted molar refractivity (Wildman–Crippen MR) is 109 cm³/mol. The lowest BCUT2D eigenvalue weighted by atomic mass is 9.88. The molecule has 0 spiro atoms. The lowest BCUT2D eigenvalue weighted by Gasteiger charge is -2.33. The molecule has 1 aromatic carbocycles. The quantitative estimate of drug-likeness (QED) is 0.736. The normalized spacial score (nSPS) is 23.8. The van der Waals surface area contributed by atoms with Crippen LogP contribution in [0, 0.1) is 11.3 Å². The van der Waals surface area contributed by atoms with Crippen LogP contribution in [0.1, 0.15) is 39.2 Å². The number of nitrogens with one attached hydrogen (secondary N) is 1. The zero-order valence-electron chi connectivity index (χ0n) is 17.1. The SMILES string of the molecule is CC(C)(C)[C@@H](O)C(=O)N1[C@H](C(=O)NCc2cc(Cl)ccc2-n2cnnn2)C[C@@H]2C[C@@H]21. The van der Waals surface area contributed by atoms with Crippen molar-refractivity contribution in [3.63, 3.8) is 0 Å². The molecule has 2 heterocycles. The molecule has 9 nitrogen and oxygen atoms in total. The molecule has 30 heavy (non-hydrogen) atoms. The second kappa shape index (κ2) is 7.63. The molecule has 2 aromatic rings. The number of carbonyl (C=O) groups is 2. The van der Waals surface area contributed by atoms with Crippen LogP contribution < -0.4 is 5.32 Å². The number of benzene rings is 1. The number of nitrogens with zero attached hydrogens (tertiary/aromatic N) is 5. The van der Waals surface area contributed by atoms with E-state index in [2.05, 4.69) is 20.8 Å². The van der Waals surface area contributed by atoms with Gasteiger partial charge in [-0.2, -0.15) is 0 Å². The number of halogens is 1. The maximum absolute atomic E-state index is 13.0. The Hall–Kier alpha value is -2.52. The number of carbonyl (C=O) groups excluding carboxylic acids is 2. The summed E-state index contributed by atoms with van der Waals surface area (Å²) in [6.45, 7) is 5.64. The summed E-state index contributed by atoms with van der Waals surface area (Å²) in [5.41, 5.74) is 0.862. The minimum Gasteiger partial charge on any atom is -0.383 e. The summed E-state index contributed by atoms with van der Waals surface area (Å²) >= 11 is 6.13. The fraction of sp³-hybridized carbons (Fsp3) is 0.550. The second-order valence-corrected chi connectivity index (χ2v) is 9.51. The van der Waals surface area contributed by atoms with Crippen LogP contribution in [0.25, 0.3) is 5.69 Å². The molecule has 1 aromatic heterocycles. The van der Waals surface area contributed by atoms with E-state index in [1.165, 1.54) is 11.0 Å². The minimum absolute atomic E-state index is 0.0493. The average Bonchev–Trinajstić information content (AvgIpc) is 3.09. The summed E-state index contributed by atoms with van der Waals surface area (Å²) < 4.78 is 1.50. The van der Waals surface area contributed by atoms with Crippen LogP contribution >= 0.6 is 11.6 Å². The molecule has 0 radical (unpaired) electrons. The van der Waals surface area contributed by atoms with E-state index in [1.807, 2.05) is 20.8 Å². The van der Waals surface area contributed by atoms with Gasteiger partial charge in [0.1, 0.15) is 18.5 Å². The van der Waals surface area contributed by atoms with E-state index in [1.54, 1.807) is 23.1 Å². The Labute approximate surface area is 179 Å². The Kier molecular flexibility index (Phi) is 5.27. The number of tetrazole rings is 1. The Morgan fingerprint density at radius 2 is 2.10 bits per heavy atom. The number of likely N-dealkylation sites (tertiary alicyclic amines) is 1. The van der Waals surface area contributed by atoms with Gasteiger partial charge in [-0.3, -0.25) is 9.59 Å². The van der Waals surface area contributed by atoms with E-state index in [4.69, 9.17) is 11.6 Å². The zero-order chi connectivity index (χ0) is 21.6. The summed E-state index contributed by atoms with van der Waals surface area (Å²) in [7, 11) is 0. The monoisotopic (exact) mass is 432 g/mol. The molecule has 2 fully saturated rings. The highest BCUT2D eigenvalue weighted by Crippen LogP contribution is 2.48. The van der Waals surface area contributed by atoms with Gasteiger partial charge < -0.3 is 15.3 Å². The number of piperidine rings is 1. The molecule has 4 rings (SSSR count). The lowest BCUT2D eigenvalue weighted by molar-refractivity contribution is -0.151. The molecule has 1 saturated heterocycles. The first-order chi connectivity index (χ1) is 14.2. The molecule has 2 amide bonds. The van der Waals surface area contributed by atoms with Gasteiger partial charge in [-0.1, -0.05) is 32.4 Å². The average molecular weight is 433 g/mol. The van der Waals surface area contributed by atoms with Gasteiger partial charge in [-0.05, 0) is 58.4 Å². The molecule has 2 aliphatic rings. The first kappa shape index (κ1) is 20.7. The molecule has 1 aliphatic heterocycles. The van der Waals surface area contributed by atoms with Crippen molar-refractivity contribution in [2.75, 3.05) is 0 Å². The number of rotatable bonds is 5. The maximum Gasteiger partial charge on any atom is 0.252 e. The molecule has 0 bridgehead atoms. The van der Waals surface area contributed by atoms with Crippen LogP contribution in [0.4, 0.5) is 0 Å². The van der Waals surface area contributed by atoms with E-state index in [0.29, 0.717) is 23.0 Å². The Balaban J connectivity index is 1.48. The van der Waals surface area contributed by atoms with Gasteiger partial charge in [0.05, 0.1) is 5.69 Å². The highest BCUT2D eigenvalue weighted by molar-refractivity contribution is 6.30. The smallest absolute Gasteiger partial charge is 0.252 e. The van der Waals surface area contributed by atoms with Crippen LogP contribution in [-0.2, 0) is 16.1 Å². The third kappa shape index (κ3) is 3.91. The van der Waals surface area contributed by atoms with Gasteiger partial charge in [0.15, 0.2) is 0 Å². The van der Waals surface area contributed by atoms with Gasteiger partial charge in [-0.15, -0.1) is 5.10 Å². The zero-order valence-corrected chi connectivity index (χ0v) is 17.9. The van der Waals surface area contributed by atoms with E-state index in [9.17, 15) is 14.7 Å². The number of aliphatic hydroxyl groups is 1. The summed E-state index contributed by atoms with van der Waals surface area (Å²) in [4.78, 5) is 27.5. The maximum atomic E-state index is 13.0. The topological polar surface area (TPSA) is 113 Å². The third-order valence-electron chi connectivity index (χ3n) is 5.81. The molecule has 1 aliphatic carbocycles. The van der Waals surface area contributed by atoms with Gasteiger partial charge >= 0.3 is 0 Å². The number of aromatic nitrogens is 4. The second-order valence-electron chi connectivity index (χ2n) is 9.07. The highest BCUT2D eigenvalue weighted by atomic mass is 35.5. The van der Waals surface area contributed by atoms with E-state index in [0.717, 1.165) is 12.0 Å². The number of fused-ring (bicyclic) bond motifs is 1. The number of hydrogen-bond donors (Lipinski definition) is 2. The number of amides is 2. The van der Waals surface area contributed by atoms with Gasteiger partial charge in [-0.25, -0.2) is 4.68 Å². The van der Waals surface area contributed by atoms with Crippen LogP contribution in [0.5, 0.6) is 0 Å². The van der Waals surface area contributed by atoms with Crippen LogP contribution in [0.3, 0.4) is 0 Å². The Morgan fingerprint density at radius 1 is 1.33 bits per heavy atom. The third-order valence-corrected chi connectivity index (χ3v) is 6.04. The lowest BCUT2D eigenvalue weighted by Crippen LogP contribution is -2.53. The van der Waals surface area contributed by atoms with Crippen LogP contribution in [0.2, 0.25) is 5.02 Å². The molecule has 10 heteroatoms. The van der Waals surface area contributed by atoms with Crippen molar-refractivity contribution in [1.82, 2.24) is 30.4 Å². The molecular weight excluding hydrogens is 408 g/mol. The summed E-state index contributed by atoms with van der Waals surface area (Å²) in [6.07, 6.45) is 1.83. The number of aliphatic hydroxyl groups excluding tert-OH is 1. The van der Waals surface area contributed by atoms with Crippen molar-refractivity contribution in [3.05, 3.63) is 35.1 Å². The minimum atomic E-state index is -1.15. The highest BCUT2D eigenvalue weighted by Gasteiger charge is 2.57. The Bertz CT molecular complexity index is 958. The number of hydrogen-bond acceptors (Lipinski definition) is 6. The summed E-state index contributed by atoms with van der Waals surface area (Å²) in [5.74, 6) is -0.274. The molecular formula is C20H25ClN6O3. The Morgan fingerprint density at radius 3 is 2.77 bits per heavy atom. The summed E-state index contributed by atoms with van der Waals surface area (Å²) in [6, 6.07) is 4.72. The molecule has 4 atom stereocenters. The van der Waals surface area contributed by atoms with Gasteiger partial charge in [0.2, 0.25) is 5.91 Å². The first-order valence-electron chi connectivity index (χ1n) is 9.96. The fourth-order valence-corrected chi connectivity index (χ4v) is 4.20. The fourth-order valence-electron chi connectivity index (χ4n) is 4.01. The van der Waals surface area contributed by atoms with Crippen molar-refractivity contribution in [1.29, 1.82) is 0 Å². The van der Waals surface area contributed by atoms with E-state index < -0.39 is 17.6 Å². The van der Waals surface area contributed by atoms with Crippen molar-refractivity contribution in [2.24, 2.45) is 11.3 Å². The summed E-state index contributed by atoms with van der Waals surface area (Å²) in [5, 5.41) is 25.1. The van der Waals surface area contributed by atoms with Gasteiger partial charge in [0.25, 0.3) is 5.91 Å². The molecule has 0 unspecified atom stereocenters. The van der Waals surface area contributed by atoms with Crippen molar-refractivity contribution >= 4 is 23.4 Å². The van der Waals surface area contributed by atoms with Crippen LogP contribution in [-0.4, -0.2) is 60.2 Å². The van der Waals surface area contributed by atoms with Gasteiger partial charge in [0, 0.05) is 17.6 Å². The van der Waals surface area contributed by atoms with Crippen molar-refractivity contribution in [3.8, 4) is 5.69 Å². The largest absolute Gasteiger partial charge is 0.383 e. The molecule has 2 N–H and O–H groups in total. The molecule has 1 saturated carbocycles. The van der Waals surface area contributed by atoms with Crippen molar-refractivity contribution in [2.45, 2.75) is 58.3 Å².